The van der Waals surface area contributed by atoms with Crippen LogP contribution in [0.4, 0.5) is 0 Å². The molecular formula is C19H20ClNO2. The minimum absolute atomic E-state index is 0. The predicted octanol–water partition coefficient (Wildman–Crippen LogP) is 3.57. The van der Waals surface area contributed by atoms with E-state index in [1.54, 1.807) is 12.1 Å². The number of rotatable bonds is 4. The summed E-state index contributed by atoms with van der Waals surface area (Å²) in [5.74, 6) is 0.226. The molecule has 0 spiro atoms. The molecule has 0 saturated heterocycles. The van der Waals surface area contributed by atoms with Gasteiger partial charge in [-0.05, 0) is 22.6 Å². The summed E-state index contributed by atoms with van der Waals surface area (Å²) in [6.07, 6.45) is -0.188. The van der Waals surface area contributed by atoms with Crippen LogP contribution in [0.25, 0.3) is 10.8 Å². The molecule has 23 heavy (non-hydrogen) atoms. The summed E-state index contributed by atoms with van der Waals surface area (Å²) in [6.45, 7) is 0. The van der Waals surface area contributed by atoms with Gasteiger partial charge >= 0.3 is 0 Å². The van der Waals surface area contributed by atoms with E-state index in [4.69, 9.17) is 5.73 Å². The van der Waals surface area contributed by atoms with Gasteiger partial charge in [0.15, 0.2) is 0 Å². The first-order chi connectivity index (χ1) is 10.7. The molecule has 0 aliphatic rings. The molecule has 0 heterocycles. The highest BCUT2D eigenvalue weighted by atomic mass is 35.5. The highest BCUT2D eigenvalue weighted by molar-refractivity contribution is 5.91. The summed E-state index contributed by atoms with van der Waals surface area (Å²) in [7, 11) is 0. The maximum atomic E-state index is 10.5. The Hall–Kier alpha value is -2.07. The lowest BCUT2D eigenvalue weighted by Gasteiger charge is -2.21. The van der Waals surface area contributed by atoms with Crippen molar-refractivity contribution in [1.82, 2.24) is 0 Å². The smallest absolute Gasteiger partial charge is 0.123 e. The number of aromatic hydroxyl groups is 1. The quantitative estimate of drug-likeness (QED) is 0.685. The standard InChI is InChI=1S/C19H19NO2.ClH/c20-19(18(22)12-13-6-2-1-3-7-13)16-10-11-17(21)15-9-5-4-8-14(15)16;/h1-11,18-19,21-22H,12,20H2;1H/t18-,19+;/m0./s1. The molecule has 0 radical (unpaired) electrons. The third-order valence-electron chi connectivity index (χ3n) is 4.00. The largest absolute Gasteiger partial charge is 0.507 e. The van der Waals surface area contributed by atoms with E-state index in [9.17, 15) is 10.2 Å². The van der Waals surface area contributed by atoms with E-state index in [1.807, 2.05) is 54.6 Å². The van der Waals surface area contributed by atoms with Crippen molar-refractivity contribution >= 4 is 23.2 Å². The fraction of sp³-hybridized carbons (Fsp3) is 0.158. The summed E-state index contributed by atoms with van der Waals surface area (Å²) in [5.41, 5.74) is 8.16. The summed E-state index contributed by atoms with van der Waals surface area (Å²) in [6, 6.07) is 20.3. The first-order valence-corrected chi connectivity index (χ1v) is 7.35. The minimum atomic E-state index is -0.685. The van der Waals surface area contributed by atoms with Gasteiger partial charge in [0.25, 0.3) is 0 Å². The minimum Gasteiger partial charge on any atom is -0.507 e. The van der Waals surface area contributed by atoms with E-state index in [-0.39, 0.29) is 18.2 Å². The number of phenolic OH excluding ortho intramolecular Hbond substituents is 1. The summed E-state index contributed by atoms with van der Waals surface area (Å²) in [4.78, 5) is 0. The molecule has 0 aliphatic heterocycles. The van der Waals surface area contributed by atoms with Crippen molar-refractivity contribution in [1.29, 1.82) is 0 Å². The molecule has 4 N–H and O–H groups in total. The zero-order valence-electron chi connectivity index (χ0n) is 12.6. The lowest BCUT2D eigenvalue weighted by molar-refractivity contribution is 0.145. The SMILES string of the molecule is Cl.N[C@H](c1ccc(O)c2ccccc12)[C@@H](O)Cc1ccccc1. The molecule has 0 fully saturated rings. The molecule has 0 saturated carbocycles. The first-order valence-electron chi connectivity index (χ1n) is 7.35. The van der Waals surface area contributed by atoms with E-state index in [2.05, 4.69) is 0 Å². The molecule has 3 aromatic rings. The van der Waals surface area contributed by atoms with Crippen LogP contribution in [-0.4, -0.2) is 16.3 Å². The Morgan fingerprint density at radius 2 is 1.43 bits per heavy atom. The molecule has 0 bridgehead atoms. The van der Waals surface area contributed by atoms with Gasteiger partial charge < -0.3 is 15.9 Å². The van der Waals surface area contributed by atoms with Crippen LogP contribution < -0.4 is 5.73 Å². The van der Waals surface area contributed by atoms with Crippen molar-refractivity contribution in [3.63, 3.8) is 0 Å². The van der Waals surface area contributed by atoms with Crippen LogP contribution in [0.1, 0.15) is 17.2 Å². The molecule has 0 unspecified atom stereocenters. The highest BCUT2D eigenvalue weighted by Crippen LogP contribution is 2.31. The van der Waals surface area contributed by atoms with Crippen LogP contribution in [-0.2, 0) is 6.42 Å². The van der Waals surface area contributed by atoms with Crippen LogP contribution in [0.5, 0.6) is 5.75 Å². The van der Waals surface area contributed by atoms with Gasteiger partial charge in [-0.1, -0.05) is 60.7 Å². The molecule has 2 atom stereocenters. The van der Waals surface area contributed by atoms with E-state index in [1.165, 1.54) is 0 Å². The number of benzene rings is 3. The number of halogens is 1. The van der Waals surface area contributed by atoms with Crippen molar-refractivity contribution in [2.75, 3.05) is 0 Å². The Balaban J connectivity index is 0.00000192. The average molecular weight is 330 g/mol. The van der Waals surface area contributed by atoms with Gasteiger partial charge in [0.05, 0.1) is 12.1 Å². The van der Waals surface area contributed by atoms with E-state index < -0.39 is 12.1 Å². The van der Waals surface area contributed by atoms with Gasteiger partial charge in [-0.25, -0.2) is 0 Å². The molecular weight excluding hydrogens is 310 g/mol. The Labute approximate surface area is 141 Å². The number of fused-ring (bicyclic) bond motifs is 1. The van der Waals surface area contributed by atoms with Crippen molar-refractivity contribution in [2.24, 2.45) is 5.73 Å². The molecule has 3 nitrogen and oxygen atoms in total. The maximum absolute atomic E-state index is 10.5. The van der Waals surface area contributed by atoms with Gasteiger partial charge in [0.2, 0.25) is 0 Å². The van der Waals surface area contributed by atoms with Gasteiger partial charge in [-0.2, -0.15) is 0 Å². The number of hydrogen-bond acceptors (Lipinski definition) is 3. The third-order valence-corrected chi connectivity index (χ3v) is 4.00. The molecule has 4 heteroatoms. The second-order valence-electron chi connectivity index (χ2n) is 5.50. The van der Waals surface area contributed by atoms with E-state index in [0.29, 0.717) is 6.42 Å². The van der Waals surface area contributed by atoms with Gasteiger partial charge in [-0.15, -0.1) is 12.4 Å². The molecule has 3 rings (SSSR count). The number of nitrogens with two attached hydrogens (primary N) is 1. The van der Waals surface area contributed by atoms with E-state index >= 15 is 0 Å². The zero-order chi connectivity index (χ0) is 15.5. The van der Waals surface area contributed by atoms with Crippen molar-refractivity contribution in [2.45, 2.75) is 18.6 Å². The summed E-state index contributed by atoms with van der Waals surface area (Å²) < 4.78 is 0. The van der Waals surface area contributed by atoms with Crippen LogP contribution in [0, 0.1) is 0 Å². The van der Waals surface area contributed by atoms with Crippen LogP contribution in [0.3, 0.4) is 0 Å². The fourth-order valence-electron chi connectivity index (χ4n) is 2.79. The van der Waals surface area contributed by atoms with Gasteiger partial charge in [-0.3, -0.25) is 0 Å². The molecule has 120 valence electrons. The Bertz CT molecular complexity index is 777. The Morgan fingerprint density at radius 1 is 0.826 bits per heavy atom. The number of hydrogen-bond donors (Lipinski definition) is 3. The first kappa shape index (κ1) is 17.3. The predicted molar refractivity (Wildman–Crippen MR) is 95.9 cm³/mol. The lowest BCUT2D eigenvalue weighted by Crippen LogP contribution is -2.28. The maximum Gasteiger partial charge on any atom is 0.123 e. The van der Waals surface area contributed by atoms with Crippen molar-refractivity contribution < 1.29 is 10.2 Å². The van der Waals surface area contributed by atoms with Crippen LogP contribution >= 0.6 is 12.4 Å². The summed E-state index contributed by atoms with van der Waals surface area (Å²) in [5, 5.41) is 22.0. The fourth-order valence-corrected chi connectivity index (χ4v) is 2.79. The second kappa shape index (κ2) is 7.47. The zero-order valence-corrected chi connectivity index (χ0v) is 13.4. The van der Waals surface area contributed by atoms with Crippen molar-refractivity contribution in [3.8, 4) is 5.75 Å². The van der Waals surface area contributed by atoms with Gasteiger partial charge in [0.1, 0.15) is 5.75 Å². The summed E-state index contributed by atoms with van der Waals surface area (Å²) >= 11 is 0. The molecule has 0 amide bonds. The number of aliphatic hydroxyl groups is 1. The number of aliphatic hydroxyl groups excluding tert-OH is 1. The Morgan fingerprint density at radius 3 is 2.13 bits per heavy atom. The monoisotopic (exact) mass is 329 g/mol. The molecule has 0 aliphatic carbocycles. The van der Waals surface area contributed by atoms with Gasteiger partial charge in [0, 0.05) is 11.8 Å². The number of phenols is 1. The van der Waals surface area contributed by atoms with Crippen molar-refractivity contribution in [3.05, 3.63) is 77.9 Å². The second-order valence-corrected chi connectivity index (χ2v) is 5.50. The topological polar surface area (TPSA) is 66.5 Å². The third kappa shape index (κ3) is 3.64. The molecule has 3 aromatic carbocycles. The average Bonchev–Trinajstić information content (AvgIpc) is 2.56. The van der Waals surface area contributed by atoms with Crippen LogP contribution in [0.15, 0.2) is 66.7 Å². The normalized spacial score (nSPS) is 13.3. The highest BCUT2D eigenvalue weighted by Gasteiger charge is 2.20. The van der Waals surface area contributed by atoms with E-state index in [0.717, 1.165) is 21.9 Å². The molecule has 0 aromatic heterocycles. The Kier molecular flexibility index (Phi) is 5.61. The van der Waals surface area contributed by atoms with Crippen LogP contribution in [0.2, 0.25) is 0 Å². The lowest BCUT2D eigenvalue weighted by atomic mass is 9.92.